The number of methoxy groups -OCH3 is 1. The van der Waals surface area contributed by atoms with Gasteiger partial charge in [0, 0.05) is 53.6 Å². The van der Waals surface area contributed by atoms with E-state index >= 15 is 4.39 Å². The standard InChI is InChI=1S/C24H28ClFN2O4S2/c1-17(9-14-34(3,30)31)27-23(29)24(26)10-12-28(13-11-24)33-22-8-7-19(25)16-21(22)18-5-4-6-20(15-18)32-2/h4-9,14-17H,10-13H2,1-3H3,(H,27,29)/b14-9-. The Labute approximate surface area is 209 Å². The highest BCUT2D eigenvalue weighted by molar-refractivity contribution is 7.97. The fraction of sp³-hybridized carbons (Fsp3) is 0.375. The van der Waals surface area contributed by atoms with Crippen LogP contribution in [0.15, 0.2) is 58.8 Å². The molecule has 2 aromatic carbocycles. The molecule has 1 unspecified atom stereocenters. The van der Waals surface area contributed by atoms with Crippen molar-refractivity contribution < 1.29 is 22.3 Å². The van der Waals surface area contributed by atoms with E-state index in [1.807, 2.05) is 46.8 Å². The Bertz CT molecular complexity index is 1170. The highest BCUT2D eigenvalue weighted by Crippen LogP contribution is 2.39. The number of carbonyl (C=O) groups is 1. The lowest BCUT2D eigenvalue weighted by atomic mass is 9.93. The van der Waals surface area contributed by atoms with Crippen LogP contribution < -0.4 is 10.1 Å². The van der Waals surface area contributed by atoms with E-state index in [0.717, 1.165) is 33.4 Å². The molecule has 0 aliphatic carbocycles. The third-order valence-electron chi connectivity index (χ3n) is 5.44. The molecule has 0 aromatic heterocycles. The molecule has 1 aliphatic heterocycles. The number of amides is 1. The van der Waals surface area contributed by atoms with Gasteiger partial charge in [0.2, 0.25) is 0 Å². The molecule has 1 heterocycles. The molecular weight excluding hydrogens is 499 g/mol. The molecule has 1 amide bonds. The second-order valence-corrected chi connectivity index (χ2v) is 11.8. The molecule has 1 aliphatic rings. The highest BCUT2D eigenvalue weighted by Gasteiger charge is 2.42. The first-order chi connectivity index (χ1) is 16.0. The van der Waals surface area contributed by atoms with Crippen molar-refractivity contribution in [2.75, 3.05) is 26.5 Å². The summed E-state index contributed by atoms with van der Waals surface area (Å²) in [6.07, 6.45) is 2.47. The number of sulfone groups is 1. The van der Waals surface area contributed by atoms with E-state index in [9.17, 15) is 13.2 Å². The summed E-state index contributed by atoms with van der Waals surface area (Å²) >= 11 is 7.76. The molecule has 184 valence electrons. The molecule has 0 saturated carbocycles. The lowest BCUT2D eigenvalue weighted by Gasteiger charge is -2.35. The summed E-state index contributed by atoms with van der Waals surface area (Å²) in [6.45, 7) is 2.36. The van der Waals surface area contributed by atoms with Gasteiger partial charge in [0.05, 0.1) is 7.11 Å². The van der Waals surface area contributed by atoms with Gasteiger partial charge >= 0.3 is 0 Å². The average Bonchev–Trinajstić information content (AvgIpc) is 2.80. The summed E-state index contributed by atoms with van der Waals surface area (Å²) in [5, 5.41) is 4.18. The Kier molecular flexibility index (Phi) is 8.67. The van der Waals surface area contributed by atoms with Crippen molar-refractivity contribution in [3.05, 3.63) is 59.0 Å². The van der Waals surface area contributed by atoms with Crippen molar-refractivity contribution in [2.24, 2.45) is 0 Å². The minimum Gasteiger partial charge on any atom is -0.497 e. The molecule has 2 aromatic rings. The lowest BCUT2D eigenvalue weighted by molar-refractivity contribution is -0.135. The second-order valence-electron chi connectivity index (χ2n) is 8.28. The van der Waals surface area contributed by atoms with Crippen molar-refractivity contribution in [1.29, 1.82) is 0 Å². The number of nitrogens with one attached hydrogen (secondary N) is 1. The maximum Gasteiger partial charge on any atom is 0.258 e. The van der Waals surface area contributed by atoms with E-state index < -0.39 is 27.5 Å². The highest BCUT2D eigenvalue weighted by atomic mass is 35.5. The number of halogens is 2. The van der Waals surface area contributed by atoms with Gasteiger partial charge in [-0.3, -0.25) is 4.79 Å². The largest absolute Gasteiger partial charge is 0.497 e. The van der Waals surface area contributed by atoms with Crippen LogP contribution >= 0.6 is 23.5 Å². The number of alkyl halides is 1. The Balaban J connectivity index is 1.66. The van der Waals surface area contributed by atoms with Crippen LogP contribution in [0.5, 0.6) is 5.75 Å². The number of rotatable bonds is 8. The second kappa shape index (κ2) is 11.1. The molecule has 1 saturated heterocycles. The van der Waals surface area contributed by atoms with Crippen LogP contribution in [-0.2, 0) is 14.6 Å². The van der Waals surface area contributed by atoms with Crippen LogP contribution in [0.4, 0.5) is 4.39 Å². The number of piperidine rings is 1. The number of nitrogens with zero attached hydrogens (tertiary/aromatic N) is 1. The van der Waals surface area contributed by atoms with Gasteiger partial charge in [-0.1, -0.05) is 29.8 Å². The smallest absolute Gasteiger partial charge is 0.258 e. The van der Waals surface area contributed by atoms with E-state index in [1.165, 1.54) is 18.0 Å². The molecular formula is C24H28ClFN2O4S2. The molecule has 0 radical (unpaired) electrons. The van der Waals surface area contributed by atoms with Gasteiger partial charge in [-0.25, -0.2) is 17.1 Å². The van der Waals surface area contributed by atoms with E-state index in [2.05, 4.69) is 5.32 Å². The maximum atomic E-state index is 15.4. The molecule has 0 bridgehead atoms. The molecule has 34 heavy (non-hydrogen) atoms. The van der Waals surface area contributed by atoms with E-state index in [4.69, 9.17) is 16.3 Å². The summed E-state index contributed by atoms with van der Waals surface area (Å²) in [6, 6.07) is 12.7. The van der Waals surface area contributed by atoms with E-state index in [1.54, 1.807) is 14.0 Å². The van der Waals surface area contributed by atoms with Gasteiger partial charge in [-0.05, 0) is 60.3 Å². The van der Waals surface area contributed by atoms with Crippen LogP contribution in [-0.4, -0.2) is 56.8 Å². The minimum absolute atomic E-state index is 0.0381. The van der Waals surface area contributed by atoms with Crippen LogP contribution in [0.25, 0.3) is 11.1 Å². The zero-order chi connectivity index (χ0) is 24.9. The van der Waals surface area contributed by atoms with E-state index in [0.29, 0.717) is 18.1 Å². The van der Waals surface area contributed by atoms with Crippen LogP contribution in [0, 0.1) is 0 Å². The van der Waals surface area contributed by atoms with Gasteiger partial charge in [0.1, 0.15) is 5.75 Å². The van der Waals surface area contributed by atoms with Crippen molar-refractivity contribution in [2.45, 2.75) is 36.4 Å². The number of carbonyl (C=O) groups excluding carboxylic acids is 1. The number of ether oxygens (including phenoxy) is 1. The maximum absolute atomic E-state index is 15.4. The fourth-order valence-electron chi connectivity index (χ4n) is 3.54. The monoisotopic (exact) mass is 526 g/mol. The average molecular weight is 527 g/mol. The van der Waals surface area contributed by atoms with E-state index in [-0.39, 0.29) is 12.8 Å². The van der Waals surface area contributed by atoms with Gasteiger partial charge < -0.3 is 10.1 Å². The first-order valence-electron chi connectivity index (χ1n) is 10.7. The van der Waals surface area contributed by atoms with Crippen molar-refractivity contribution in [1.82, 2.24) is 9.62 Å². The van der Waals surface area contributed by atoms with Crippen LogP contribution in [0.2, 0.25) is 5.02 Å². The number of hydrogen-bond acceptors (Lipinski definition) is 6. The topological polar surface area (TPSA) is 75.7 Å². The lowest BCUT2D eigenvalue weighted by Crippen LogP contribution is -2.51. The predicted molar refractivity (Wildman–Crippen MR) is 136 cm³/mol. The minimum atomic E-state index is -3.31. The van der Waals surface area contributed by atoms with Crippen LogP contribution in [0.1, 0.15) is 19.8 Å². The first kappa shape index (κ1) is 26.5. The summed E-state index contributed by atoms with van der Waals surface area (Å²) in [7, 11) is -1.70. The quantitative estimate of drug-likeness (QED) is 0.494. The molecule has 1 fully saturated rings. The van der Waals surface area contributed by atoms with Crippen molar-refractivity contribution in [3.8, 4) is 16.9 Å². The third kappa shape index (κ3) is 7.21. The molecule has 0 spiro atoms. The van der Waals surface area contributed by atoms with Gasteiger partial charge in [0.15, 0.2) is 15.5 Å². The van der Waals surface area contributed by atoms with Crippen molar-refractivity contribution >= 4 is 39.3 Å². The van der Waals surface area contributed by atoms with Gasteiger partial charge in [0.25, 0.3) is 5.91 Å². The summed E-state index contributed by atoms with van der Waals surface area (Å²) in [4.78, 5) is 13.5. The summed E-state index contributed by atoms with van der Waals surface area (Å²) < 4.78 is 45.2. The van der Waals surface area contributed by atoms with Crippen molar-refractivity contribution in [3.63, 3.8) is 0 Å². The third-order valence-corrected chi connectivity index (χ3v) is 7.51. The zero-order valence-corrected chi connectivity index (χ0v) is 21.6. The molecule has 3 rings (SSSR count). The zero-order valence-electron chi connectivity index (χ0n) is 19.3. The summed E-state index contributed by atoms with van der Waals surface area (Å²) in [5.74, 6) is 0.0200. The van der Waals surface area contributed by atoms with Crippen LogP contribution in [0.3, 0.4) is 0 Å². The fourth-order valence-corrected chi connectivity index (χ4v) is 5.28. The predicted octanol–water partition coefficient (Wildman–Crippen LogP) is 4.89. The normalized spacial score (nSPS) is 17.4. The Morgan fingerprint density at radius 3 is 2.62 bits per heavy atom. The summed E-state index contributed by atoms with van der Waals surface area (Å²) in [5.41, 5.74) is -0.103. The SMILES string of the molecule is COc1cccc(-c2cc(Cl)ccc2SN2CCC(F)(C(=O)NC(C)/C=C\S(C)(=O)=O)CC2)c1. The van der Waals surface area contributed by atoms with Gasteiger partial charge in [-0.15, -0.1) is 0 Å². The Hall–Kier alpha value is -2.07. The Morgan fingerprint density at radius 2 is 1.97 bits per heavy atom. The molecule has 1 N–H and O–H groups in total. The molecule has 1 atom stereocenters. The molecule has 10 heteroatoms. The Morgan fingerprint density at radius 1 is 1.26 bits per heavy atom. The molecule has 6 nitrogen and oxygen atoms in total. The number of hydrogen-bond donors (Lipinski definition) is 1. The van der Waals surface area contributed by atoms with Gasteiger partial charge in [-0.2, -0.15) is 0 Å². The number of benzene rings is 2. The first-order valence-corrected chi connectivity index (χ1v) is 13.8.